The van der Waals surface area contributed by atoms with E-state index in [-0.39, 0.29) is 17.5 Å². The summed E-state index contributed by atoms with van der Waals surface area (Å²) in [6.07, 6.45) is 0. The smallest absolute Gasteiger partial charge is 0.349 e. The van der Waals surface area contributed by atoms with E-state index in [1.165, 1.54) is 6.07 Å². The fourth-order valence-corrected chi connectivity index (χ4v) is 3.40. The number of nitrogens with zero attached hydrogens (tertiary/aromatic N) is 2. The first kappa shape index (κ1) is 18.1. The van der Waals surface area contributed by atoms with Gasteiger partial charge in [0.15, 0.2) is 0 Å². The van der Waals surface area contributed by atoms with Crippen molar-refractivity contribution in [2.24, 2.45) is 0 Å². The number of halogens is 1. The molecule has 0 aliphatic heterocycles. The molecule has 0 saturated carbocycles. The fourth-order valence-electron chi connectivity index (χ4n) is 3.21. The van der Waals surface area contributed by atoms with Crippen LogP contribution in [0.1, 0.15) is 10.4 Å². The molecule has 30 heavy (non-hydrogen) atoms. The van der Waals surface area contributed by atoms with E-state index in [9.17, 15) is 9.59 Å². The second-order valence-electron chi connectivity index (χ2n) is 6.52. The van der Waals surface area contributed by atoms with Crippen LogP contribution in [0.15, 0.2) is 80.4 Å². The fraction of sp³-hybridized carbons (Fsp3) is 0. The molecule has 0 aliphatic rings. The molecule has 3 aromatic carbocycles. The number of hydrogen-bond donors (Lipinski definition) is 1. The summed E-state index contributed by atoms with van der Waals surface area (Å²) in [5.74, 6) is -0.524. The first-order valence-electron chi connectivity index (χ1n) is 8.95. The predicted octanol–water partition coefficient (Wildman–Crippen LogP) is 4.90. The van der Waals surface area contributed by atoms with Gasteiger partial charge in [-0.05, 0) is 41.1 Å². The van der Waals surface area contributed by atoms with Crippen LogP contribution in [0.3, 0.4) is 0 Å². The summed E-state index contributed by atoms with van der Waals surface area (Å²) in [4.78, 5) is 25.1. The molecule has 0 aliphatic carbocycles. The SMILES string of the molecule is O=C(Nc1nnc(-c2cccc(Cl)c2)o1)c1cc2c(ccc3ccccc32)oc1=O. The van der Waals surface area contributed by atoms with Crippen molar-refractivity contribution in [3.8, 4) is 11.5 Å². The molecule has 146 valence electrons. The van der Waals surface area contributed by atoms with E-state index in [4.69, 9.17) is 20.4 Å². The molecule has 0 atom stereocenters. The lowest BCUT2D eigenvalue weighted by atomic mass is 10.0. The van der Waals surface area contributed by atoms with Gasteiger partial charge in [-0.1, -0.05) is 53.1 Å². The molecule has 0 radical (unpaired) electrons. The zero-order valence-electron chi connectivity index (χ0n) is 15.3. The third kappa shape index (κ3) is 3.21. The number of aromatic nitrogens is 2. The van der Waals surface area contributed by atoms with Crippen molar-refractivity contribution < 1.29 is 13.6 Å². The predicted molar refractivity (Wildman–Crippen MR) is 113 cm³/mol. The largest absolute Gasteiger partial charge is 0.422 e. The summed E-state index contributed by atoms with van der Waals surface area (Å²) in [6, 6.07) is 19.4. The van der Waals surface area contributed by atoms with Crippen LogP contribution in [0.4, 0.5) is 6.01 Å². The first-order valence-corrected chi connectivity index (χ1v) is 9.33. The number of rotatable bonds is 3. The Hall–Kier alpha value is -3.97. The van der Waals surface area contributed by atoms with Crippen molar-refractivity contribution in [1.29, 1.82) is 0 Å². The van der Waals surface area contributed by atoms with Gasteiger partial charge in [-0.2, -0.15) is 0 Å². The molecule has 1 N–H and O–H groups in total. The van der Waals surface area contributed by atoms with Crippen molar-refractivity contribution >= 4 is 45.3 Å². The zero-order valence-corrected chi connectivity index (χ0v) is 16.0. The van der Waals surface area contributed by atoms with E-state index in [1.54, 1.807) is 30.3 Å². The van der Waals surface area contributed by atoms with Gasteiger partial charge < -0.3 is 8.83 Å². The van der Waals surface area contributed by atoms with Crippen LogP contribution in [-0.2, 0) is 0 Å². The molecule has 0 unspecified atom stereocenters. The van der Waals surface area contributed by atoms with Crippen LogP contribution in [0.25, 0.3) is 33.2 Å². The van der Waals surface area contributed by atoms with Gasteiger partial charge in [-0.3, -0.25) is 10.1 Å². The van der Waals surface area contributed by atoms with Crippen LogP contribution < -0.4 is 10.9 Å². The van der Waals surface area contributed by atoms with E-state index in [0.717, 1.165) is 10.8 Å². The number of nitrogens with one attached hydrogen (secondary N) is 1. The molecule has 5 aromatic rings. The maximum absolute atomic E-state index is 12.7. The van der Waals surface area contributed by atoms with Crippen LogP contribution in [-0.4, -0.2) is 16.1 Å². The molecule has 5 rings (SSSR count). The molecule has 0 saturated heterocycles. The van der Waals surface area contributed by atoms with Gasteiger partial charge >= 0.3 is 11.6 Å². The number of amides is 1. The molecule has 8 heteroatoms. The highest BCUT2D eigenvalue weighted by Crippen LogP contribution is 2.26. The van der Waals surface area contributed by atoms with Crippen molar-refractivity contribution in [3.05, 3.63) is 87.7 Å². The number of carbonyl (C=O) groups excluding carboxylic acids is 1. The Kier molecular flexibility index (Phi) is 4.30. The van der Waals surface area contributed by atoms with Gasteiger partial charge in [-0.25, -0.2) is 4.79 Å². The Morgan fingerprint density at radius 3 is 2.63 bits per heavy atom. The van der Waals surface area contributed by atoms with Crippen LogP contribution in [0, 0.1) is 0 Å². The monoisotopic (exact) mass is 417 g/mol. The van der Waals surface area contributed by atoms with E-state index >= 15 is 0 Å². The second-order valence-corrected chi connectivity index (χ2v) is 6.96. The van der Waals surface area contributed by atoms with Crippen molar-refractivity contribution in [3.63, 3.8) is 0 Å². The van der Waals surface area contributed by atoms with Crippen molar-refractivity contribution in [1.82, 2.24) is 10.2 Å². The highest BCUT2D eigenvalue weighted by molar-refractivity contribution is 6.30. The number of anilines is 1. The summed E-state index contributed by atoms with van der Waals surface area (Å²) in [7, 11) is 0. The quantitative estimate of drug-likeness (QED) is 0.331. The minimum atomic E-state index is -0.759. The maximum atomic E-state index is 12.7. The van der Waals surface area contributed by atoms with Gasteiger partial charge in [0, 0.05) is 16.0 Å². The van der Waals surface area contributed by atoms with Gasteiger partial charge in [0.1, 0.15) is 11.1 Å². The standard InChI is InChI=1S/C22H12ClN3O4/c23-14-6-3-5-13(10-14)20-25-26-22(30-20)24-19(27)17-11-16-15-7-2-1-4-12(15)8-9-18(16)29-21(17)28/h1-11H,(H,24,26,27). The Labute approximate surface area is 173 Å². The molecule has 0 spiro atoms. The lowest BCUT2D eigenvalue weighted by Gasteiger charge is -2.05. The Morgan fingerprint density at radius 1 is 0.900 bits per heavy atom. The van der Waals surface area contributed by atoms with Gasteiger partial charge in [0.25, 0.3) is 5.91 Å². The van der Waals surface area contributed by atoms with Gasteiger partial charge in [0.05, 0.1) is 0 Å². The molecule has 0 bridgehead atoms. The number of benzene rings is 3. The van der Waals surface area contributed by atoms with E-state index in [1.807, 2.05) is 30.3 Å². The normalized spacial score (nSPS) is 11.1. The van der Waals surface area contributed by atoms with E-state index in [2.05, 4.69) is 15.5 Å². The van der Waals surface area contributed by atoms with E-state index < -0.39 is 11.5 Å². The first-order chi connectivity index (χ1) is 14.6. The molecule has 1 amide bonds. The second kappa shape index (κ2) is 7.13. The van der Waals surface area contributed by atoms with Crippen molar-refractivity contribution in [2.75, 3.05) is 5.32 Å². The number of hydrogen-bond acceptors (Lipinski definition) is 6. The Balaban J connectivity index is 1.50. The van der Waals surface area contributed by atoms with Gasteiger partial charge in [-0.15, -0.1) is 5.10 Å². The zero-order chi connectivity index (χ0) is 20.7. The van der Waals surface area contributed by atoms with E-state index in [0.29, 0.717) is 21.6 Å². The Bertz CT molecular complexity index is 1490. The lowest BCUT2D eigenvalue weighted by molar-refractivity contribution is 0.102. The molecular formula is C22H12ClN3O4. The third-order valence-electron chi connectivity index (χ3n) is 4.60. The topological polar surface area (TPSA) is 98.2 Å². The summed E-state index contributed by atoms with van der Waals surface area (Å²) < 4.78 is 10.8. The van der Waals surface area contributed by atoms with Crippen molar-refractivity contribution in [2.45, 2.75) is 0 Å². The maximum Gasteiger partial charge on any atom is 0.349 e. The third-order valence-corrected chi connectivity index (χ3v) is 4.84. The minimum Gasteiger partial charge on any atom is -0.422 e. The summed E-state index contributed by atoms with van der Waals surface area (Å²) >= 11 is 5.97. The number of carbonyl (C=O) groups is 1. The highest BCUT2D eigenvalue weighted by Gasteiger charge is 2.18. The van der Waals surface area contributed by atoms with Crippen LogP contribution >= 0.6 is 11.6 Å². The van der Waals surface area contributed by atoms with Crippen LogP contribution in [0.2, 0.25) is 5.02 Å². The highest BCUT2D eigenvalue weighted by atomic mass is 35.5. The summed E-state index contributed by atoms with van der Waals surface area (Å²) in [6.45, 7) is 0. The molecule has 2 aromatic heterocycles. The molecule has 0 fully saturated rings. The summed E-state index contributed by atoms with van der Waals surface area (Å²) in [5, 5.41) is 13.1. The lowest BCUT2D eigenvalue weighted by Crippen LogP contribution is -2.20. The molecular weight excluding hydrogens is 406 g/mol. The average molecular weight is 418 g/mol. The molecule has 2 heterocycles. The average Bonchev–Trinajstić information content (AvgIpc) is 3.21. The Morgan fingerprint density at radius 2 is 1.77 bits per heavy atom. The van der Waals surface area contributed by atoms with Crippen LogP contribution in [0.5, 0.6) is 0 Å². The summed E-state index contributed by atoms with van der Waals surface area (Å²) in [5.41, 5.74) is 0.0784. The van der Waals surface area contributed by atoms with Gasteiger partial charge in [0.2, 0.25) is 5.89 Å². The minimum absolute atomic E-state index is 0.146. The molecule has 7 nitrogen and oxygen atoms in total. The number of fused-ring (bicyclic) bond motifs is 3.